The van der Waals surface area contributed by atoms with Gasteiger partial charge >= 0.3 is 0 Å². The summed E-state index contributed by atoms with van der Waals surface area (Å²) in [6.07, 6.45) is 3.68. The molecule has 0 aliphatic heterocycles. The van der Waals surface area contributed by atoms with Crippen molar-refractivity contribution in [2.24, 2.45) is 0 Å². The number of anilines is 1. The van der Waals surface area contributed by atoms with Crippen molar-refractivity contribution in [1.82, 2.24) is 15.0 Å². The Morgan fingerprint density at radius 1 is 1.21 bits per heavy atom. The van der Waals surface area contributed by atoms with Gasteiger partial charge in [0.05, 0.1) is 5.69 Å². The molecule has 1 amide bonds. The van der Waals surface area contributed by atoms with E-state index in [1.54, 1.807) is 30.6 Å². The van der Waals surface area contributed by atoms with Crippen LogP contribution in [0.15, 0.2) is 53.3 Å². The molecule has 0 saturated heterocycles. The van der Waals surface area contributed by atoms with E-state index < -0.39 is 0 Å². The fourth-order valence-corrected chi connectivity index (χ4v) is 3.34. The molecule has 0 radical (unpaired) electrons. The molecule has 0 aliphatic rings. The molecular weight excluding hydrogens is 347 g/mol. The number of nitrogens with one attached hydrogen (secondary N) is 1. The van der Waals surface area contributed by atoms with E-state index in [4.69, 9.17) is 0 Å². The molecule has 2 aromatic heterocycles. The summed E-state index contributed by atoms with van der Waals surface area (Å²) in [5.41, 5.74) is 1.52. The molecule has 0 spiro atoms. The first kappa shape index (κ1) is 16.5. The van der Waals surface area contributed by atoms with E-state index in [1.165, 1.54) is 35.2 Å². The maximum absolute atomic E-state index is 12.9. The molecular formula is C16H13FN4OS2. The third-order valence-corrected chi connectivity index (χ3v) is 4.63. The zero-order valence-corrected chi connectivity index (χ0v) is 14.1. The SMILES string of the molecule is O=C(CCSc1ncccn1)Nc1nc(-c2ccc(F)cc2)cs1. The van der Waals surface area contributed by atoms with Crippen molar-refractivity contribution in [1.29, 1.82) is 0 Å². The first-order chi connectivity index (χ1) is 11.7. The van der Waals surface area contributed by atoms with Crippen LogP contribution in [0, 0.1) is 5.82 Å². The number of aromatic nitrogens is 3. The zero-order chi connectivity index (χ0) is 16.8. The Labute approximate surface area is 146 Å². The maximum Gasteiger partial charge on any atom is 0.226 e. The van der Waals surface area contributed by atoms with Crippen LogP contribution in [0.1, 0.15) is 6.42 Å². The predicted molar refractivity (Wildman–Crippen MR) is 93.5 cm³/mol. The van der Waals surface area contributed by atoms with E-state index in [0.29, 0.717) is 28.2 Å². The van der Waals surface area contributed by atoms with Crippen LogP contribution < -0.4 is 5.32 Å². The minimum Gasteiger partial charge on any atom is -0.302 e. The van der Waals surface area contributed by atoms with Crippen LogP contribution in [0.3, 0.4) is 0 Å². The van der Waals surface area contributed by atoms with Gasteiger partial charge in [0, 0.05) is 35.5 Å². The second-order valence-electron chi connectivity index (χ2n) is 4.72. The minimum absolute atomic E-state index is 0.113. The third-order valence-electron chi connectivity index (χ3n) is 2.99. The van der Waals surface area contributed by atoms with Gasteiger partial charge in [-0.25, -0.2) is 19.3 Å². The van der Waals surface area contributed by atoms with Gasteiger partial charge in [-0.2, -0.15) is 0 Å². The quantitative estimate of drug-likeness (QED) is 0.534. The first-order valence-corrected chi connectivity index (χ1v) is 8.98. The second kappa shape index (κ2) is 7.98. The number of halogens is 1. The van der Waals surface area contributed by atoms with Gasteiger partial charge in [0.2, 0.25) is 5.91 Å². The molecule has 0 atom stereocenters. The van der Waals surface area contributed by atoms with Crippen molar-refractivity contribution in [3.8, 4) is 11.3 Å². The molecule has 24 heavy (non-hydrogen) atoms. The average Bonchev–Trinajstić information content (AvgIpc) is 3.05. The fourth-order valence-electron chi connectivity index (χ4n) is 1.86. The normalized spacial score (nSPS) is 10.5. The van der Waals surface area contributed by atoms with Gasteiger partial charge in [-0.3, -0.25) is 4.79 Å². The second-order valence-corrected chi connectivity index (χ2v) is 6.64. The molecule has 0 unspecified atom stereocenters. The molecule has 8 heteroatoms. The Hall–Kier alpha value is -2.32. The summed E-state index contributed by atoms with van der Waals surface area (Å²) in [6.45, 7) is 0. The Kier molecular flexibility index (Phi) is 5.50. The molecule has 0 bridgehead atoms. The number of rotatable bonds is 6. The largest absolute Gasteiger partial charge is 0.302 e. The minimum atomic E-state index is -0.289. The smallest absolute Gasteiger partial charge is 0.226 e. The molecule has 3 aromatic rings. The lowest BCUT2D eigenvalue weighted by molar-refractivity contribution is -0.115. The summed E-state index contributed by atoms with van der Waals surface area (Å²) in [7, 11) is 0. The average molecular weight is 360 g/mol. The summed E-state index contributed by atoms with van der Waals surface area (Å²) in [5.74, 6) is 0.187. The topological polar surface area (TPSA) is 67.8 Å². The first-order valence-electron chi connectivity index (χ1n) is 7.12. The summed E-state index contributed by atoms with van der Waals surface area (Å²) in [6, 6.07) is 7.84. The number of carbonyl (C=O) groups excluding carboxylic acids is 1. The van der Waals surface area contributed by atoms with Gasteiger partial charge in [-0.05, 0) is 30.3 Å². The molecule has 5 nitrogen and oxygen atoms in total. The number of thiazole rings is 1. The molecule has 0 fully saturated rings. The van der Waals surface area contributed by atoms with Gasteiger partial charge in [-0.15, -0.1) is 11.3 Å². The Bertz CT molecular complexity index is 808. The third kappa shape index (κ3) is 4.59. The summed E-state index contributed by atoms with van der Waals surface area (Å²) < 4.78 is 12.9. The molecule has 1 aromatic carbocycles. The van der Waals surface area contributed by atoms with Crippen LogP contribution in [-0.2, 0) is 4.79 Å². The Balaban J connectivity index is 1.51. The Morgan fingerprint density at radius 3 is 2.71 bits per heavy atom. The summed E-state index contributed by atoms with van der Waals surface area (Å²) in [5, 5.41) is 5.78. The van der Waals surface area contributed by atoms with Gasteiger partial charge in [-0.1, -0.05) is 11.8 Å². The summed E-state index contributed by atoms with van der Waals surface area (Å²) in [4.78, 5) is 24.5. The van der Waals surface area contributed by atoms with Crippen molar-refractivity contribution in [2.45, 2.75) is 11.6 Å². The van der Waals surface area contributed by atoms with E-state index in [1.807, 2.05) is 5.38 Å². The van der Waals surface area contributed by atoms with E-state index in [0.717, 1.165) is 5.56 Å². The lowest BCUT2D eigenvalue weighted by Gasteiger charge is -2.01. The van der Waals surface area contributed by atoms with Crippen molar-refractivity contribution in [3.05, 3.63) is 53.9 Å². The number of benzene rings is 1. The van der Waals surface area contributed by atoms with Crippen LogP contribution in [0.5, 0.6) is 0 Å². The van der Waals surface area contributed by atoms with E-state index >= 15 is 0 Å². The van der Waals surface area contributed by atoms with Crippen molar-refractivity contribution in [2.75, 3.05) is 11.1 Å². The molecule has 122 valence electrons. The van der Waals surface area contributed by atoms with Crippen molar-refractivity contribution in [3.63, 3.8) is 0 Å². The molecule has 1 N–H and O–H groups in total. The molecule has 0 aliphatic carbocycles. The number of thioether (sulfide) groups is 1. The van der Waals surface area contributed by atoms with Gasteiger partial charge in [0.15, 0.2) is 10.3 Å². The highest BCUT2D eigenvalue weighted by Crippen LogP contribution is 2.25. The highest BCUT2D eigenvalue weighted by Gasteiger charge is 2.09. The number of hydrogen-bond donors (Lipinski definition) is 1. The number of nitrogens with zero attached hydrogens (tertiary/aromatic N) is 3. The highest BCUT2D eigenvalue weighted by atomic mass is 32.2. The van der Waals surface area contributed by atoms with E-state index in [2.05, 4.69) is 20.3 Å². The standard InChI is InChI=1S/C16H13FN4OS2/c17-12-4-2-11(3-5-12)13-10-24-16(20-13)21-14(22)6-9-23-15-18-7-1-8-19-15/h1-5,7-8,10H,6,9H2,(H,20,21,22). The van der Waals surface area contributed by atoms with Crippen LogP contribution in [0.4, 0.5) is 9.52 Å². The number of carbonyl (C=O) groups is 1. The van der Waals surface area contributed by atoms with E-state index in [9.17, 15) is 9.18 Å². The monoisotopic (exact) mass is 360 g/mol. The fraction of sp³-hybridized carbons (Fsp3) is 0.125. The zero-order valence-electron chi connectivity index (χ0n) is 12.5. The number of amides is 1. The highest BCUT2D eigenvalue weighted by molar-refractivity contribution is 7.99. The lowest BCUT2D eigenvalue weighted by Crippen LogP contribution is -2.12. The van der Waals surface area contributed by atoms with Crippen LogP contribution >= 0.6 is 23.1 Å². The number of hydrogen-bond acceptors (Lipinski definition) is 6. The lowest BCUT2D eigenvalue weighted by atomic mass is 10.2. The van der Waals surface area contributed by atoms with Crippen LogP contribution in [0.25, 0.3) is 11.3 Å². The van der Waals surface area contributed by atoms with Crippen molar-refractivity contribution >= 4 is 34.1 Å². The van der Waals surface area contributed by atoms with E-state index in [-0.39, 0.29) is 11.7 Å². The van der Waals surface area contributed by atoms with Crippen LogP contribution in [-0.4, -0.2) is 26.6 Å². The molecule has 0 saturated carbocycles. The maximum atomic E-state index is 12.9. The van der Waals surface area contributed by atoms with Gasteiger partial charge in [0.25, 0.3) is 0 Å². The molecule has 3 rings (SSSR count). The summed E-state index contributed by atoms with van der Waals surface area (Å²) >= 11 is 2.77. The van der Waals surface area contributed by atoms with Crippen molar-refractivity contribution < 1.29 is 9.18 Å². The van der Waals surface area contributed by atoms with Gasteiger partial charge in [0.1, 0.15) is 5.82 Å². The van der Waals surface area contributed by atoms with Crippen LogP contribution in [0.2, 0.25) is 0 Å². The molecule has 2 heterocycles. The Morgan fingerprint density at radius 2 is 1.96 bits per heavy atom. The predicted octanol–water partition coefficient (Wildman–Crippen LogP) is 3.86. The van der Waals surface area contributed by atoms with Gasteiger partial charge < -0.3 is 5.32 Å².